The Kier molecular flexibility index (Phi) is 2.75. The Morgan fingerprint density at radius 2 is 2.27 bits per heavy atom. The van der Waals surface area contributed by atoms with Crippen molar-refractivity contribution in [2.75, 3.05) is 0 Å². The van der Waals surface area contributed by atoms with E-state index in [9.17, 15) is 4.79 Å². The molecule has 1 saturated carbocycles. The lowest BCUT2D eigenvalue weighted by Gasteiger charge is -2.28. The third kappa shape index (κ3) is 1.78. The van der Waals surface area contributed by atoms with E-state index in [1.54, 1.807) is 0 Å². The van der Waals surface area contributed by atoms with Crippen LogP contribution < -0.4 is 5.32 Å². The van der Waals surface area contributed by atoms with Gasteiger partial charge in [-0.15, -0.1) is 0 Å². The lowest BCUT2D eigenvalue weighted by molar-refractivity contribution is -0.132. The first-order chi connectivity index (χ1) is 7.10. The van der Waals surface area contributed by atoms with Crippen LogP contribution in [-0.2, 0) is 4.79 Å². The second-order valence-electron chi connectivity index (χ2n) is 5.11. The van der Waals surface area contributed by atoms with E-state index in [4.69, 9.17) is 0 Å². The lowest BCUT2D eigenvalue weighted by atomic mass is 10.1. The van der Waals surface area contributed by atoms with Crippen molar-refractivity contribution in [2.24, 2.45) is 0 Å². The highest BCUT2D eigenvalue weighted by Crippen LogP contribution is 2.42. The highest BCUT2D eigenvalue weighted by atomic mass is 16.2. The highest BCUT2D eigenvalue weighted by Gasteiger charge is 2.58. The van der Waals surface area contributed by atoms with Crippen LogP contribution in [-0.4, -0.2) is 28.6 Å². The fraction of sp³-hybridized carbons (Fsp3) is 0.917. The fourth-order valence-electron chi connectivity index (χ4n) is 2.66. The van der Waals surface area contributed by atoms with E-state index in [1.807, 2.05) is 0 Å². The summed E-state index contributed by atoms with van der Waals surface area (Å²) in [6, 6.07) is 0.389. The van der Waals surface area contributed by atoms with Crippen molar-refractivity contribution in [3.05, 3.63) is 0 Å². The molecule has 15 heavy (non-hydrogen) atoms. The summed E-state index contributed by atoms with van der Waals surface area (Å²) in [4.78, 5) is 14.2. The Balaban J connectivity index is 1.99. The predicted molar refractivity (Wildman–Crippen MR) is 60.4 cm³/mol. The van der Waals surface area contributed by atoms with Crippen LogP contribution in [0.25, 0.3) is 0 Å². The highest BCUT2D eigenvalue weighted by molar-refractivity contribution is 5.92. The zero-order valence-electron chi connectivity index (χ0n) is 10.0. The van der Waals surface area contributed by atoms with Gasteiger partial charge in [0.2, 0.25) is 5.91 Å². The molecule has 1 spiro atoms. The molecule has 86 valence electrons. The van der Waals surface area contributed by atoms with Crippen LogP contribution in [0.5, 0.6) is 0 Å². The van der Waals surface area contributed by atoms with Gasteiger partial charge in [-0.1, -0.05) is 19.8 Å². The number of hydrogen-bond acceptors (Lipinski definition) is 2. The molecular weight excluding hydrogens is 188 g/mol. The Bertz CT molecular complexity index is 260. The van der Waals surface area contributed by atoms with Gasteiger partial charge in [-0.05, 0) is 33.1 Å². The van der Waals surface area contributed by atoms with Crippen molar-refractivity contribution >= 4 is 5.91 Å². The molecule has 1 N–H and O–H groups in total. The molecule has 1 aliphatic carbocycles. The molecule has 1 amide bonds. The maximum atomic E-state index is 12.2. The van der Waals surface area contributed by atoms with Crippen molar-refractivity contribution < 1.29 is 4.79 Å². The third-order valence-corrected chi connectivity index (χ3v) is 3.75. The summed E-state index contributed by atoms with van der Waals surface area (Å²) in [7, 11) is 0. The number of carbonyl (C=O) groups is 1. The molecule has 0 radical (unpaired) electrons. The first-order valence-corrected chi connectivity index (χ1v) is 6.21. The summed E-state index contributed by atoms with van der Waals surface area (Å²) in [6.07, 6.45) is 5.85. The summed E-state index contributed by atoms with van der Waals surface area (Å²) in [6.45, 7) is 6.48. The number of nitrogens with zero attached hydrogens (tertiary/aromatic N) is 1. The van der Waals surface area contributed by atoms with Crippen LogP contribution in [0.2, 0.25) is 0 Å². The Labute approximate surface area is 92.2 Å². The number of unbranched alkanes of at least 4 members (excludes halogenated alkanes) is 1. The molecule has 2 rings (SSSR count). The van der Waals surface area contributed by atoms with Gasteiger partial charge in [0.15, 0.2) is 0 Å². The summed E-state index contributed by atoms with van der Waals surface area (Å²) >= 11 is 0. The van der Waals surface area contributed by atoms with E-state index in [1.165, 1.54) is 12.8 Å². The number of nitrogens with one attached hydrogen (secondary N) is 1. The summed E-state index contributed by atoms with van der Waals surface area (Å²) in [5.41, 5.74) is -0.139. The maximum Gasteiger partial charge on any atom is 0.244 e. The molecule has 1 aliphatic heterocycles. The number of hydrogen-bond donors (Lipinski definition) is 1. The number of amides is 1. The van der Waals surface area contributed by atoms with Gasteiger partial charge in [-0.25, -0.2) is 0 Å². The van der Waals surface area contributed by atoms with Crippen LogP contribution >= 0.6 is 0 Å². The Hall–Kier alpha value is -0.570. The van der Waals surface area contributed by atoms with E-state index >= 15 is 0 Å². The maximum absolute atomic E-state index is 12.2. The molecule has 2 fully saturated rings. The van der Waals surface area contributed by atoms with Gasteiger partial charge in [0.25, 0.3) is 0 Å². The van der Waals surface area contributed by atoms with Gasteiger partial charge in [-0.3, -0.25) is 10.1 Å². The quantitative estimate of drug-likeness (QED) is 0.768. The van der Waals surface area contributed by atoms with Crippen molar-refractivity contribution in [1.29, 1.82) is 0 Å². The van der Waals surface area contributed by atoms with E-state index in [0.29, 0.717) is 11.9 Å². The molecule has 3 nitrogen and oxygen atoms in total. The van der Waals surface area contributed by atoms with E-state index in [0.717, 1.165) is 19.3 Å². The zero-order valence-corrected chi connectivity index (χ0v) is 10.0. The average molecular weight is 210 g/mol. The minimum Gasteiger partial charge on any atom is -0.323 e. The first-order valence-electron chi connectivity index (χ1n) is 6.21. The van der Waals surface area contributed by atoms with Crippen LogP contribution in [0.4, 0.5) is 0 Å². The van der Waals surface area contributed by atoms with E-state index < -0.39 is 0 Å². The molecule has 0 aromatic heterocycles. The molecule has 2 aliphatic rings. The predicted octanol–water partition coefficient (Wildman–Crippen LogP) is 1.88. The topological polar surface area (TPSA) is 32.3 Å². The molecule has 2 unspecified atom stereocenters. The number of rotatable bonds is 4. The van der Waals surface area contributed by atoms with Crippen LogP contribution in [0.3, 0.4) is 0 Å². The minimum absolute atomic E-state index is 0.139. The standard InChI is InChI=1S/C12H22N2O/c1-4-5-6-9(2)14-10(3)13-12(7-8-12)11(14)15/h9-10,13H,4-8H2,1-3H3. The van der Waals surface area contributed by atoms with Crippen molar-refractivity contribution in [3.8, 4) is 0 Å². The molecule has 0 bridgehead atoms. The van der Waals surface area contributed by atoms with Gasteiger partial charge in [0.05, 0.1) is 11.7 Å². The molecule has 1 saturated heterocycles. The second-order valence-corrected chi connectivity index (χ2v) is 5.11. The normalized spacial score (nSPS) is 29.9. The fourth-order valence-corrected chi connectivity index (χ4v) is 2.66. The second kappa shape index (κ2) is 3.78. The molecule has 0 aromatic rings. The smallest absolute Gasteiger partial charge is 0.244 e. The minimum atomic E-state index is -0.139. The number of carbonyl (C=O) groups excluding carboxylic acids is 1. The third-order valence-electron chi connectivity index (χ3n) is 3.75. The summed E-state index contributed by atoms with van der Waals surface area (Å²) < 4.78 is 0. The molecule has 1 heterocycles. The lowest BCUT2D eigenvalue weighted by Crippen LogP contribution is -2.41. The molecular formula is C12H22N2O. The summed E-state index contributed by atoms with van der Waals surface area (Å²) in [5, 5.41) is 3.44. The molecule has 2 atom stereocenters. The van der Waals surface area contributed by atoms with Crippen molar-refractivity contribution in [1.82, 2.24) is 10.2 Å². The summed E-state index contributed by atoms with van der Waals surface area (Å²) in [5.74, 6) is 0.346. The van der Waals surface area contributed by atoms with Gasteiger partial charge >= 0.3 is 0 Å². The van der Waals surface area contributed by atoms with E-state index in [2.05, 4.69) is 31.0 Å². The van der Waals surface area contributed by atoms with Gasteiger partial charge in [-0.2, -0.15) is 0 Å². The van der Waals surface area contributed by atoms with E-state index in [-0.39, 0.29) is 11.7 Å². The van der Waals surface area contributed by atoms with Gasteiger partial charge in [0.1, 0.15) is 0 Å². The van der Waals surface area contributed by atoms with Gasteiger partial charge in [0, 0.05) is 6.04 Å². The van der Waals surface area contributed by atoms with Crippen LogP contribution in [0.15, 0.2) is 0 Å². The van der Waals surface area contributed by atoms with Crippen molar-refractivity contribution in [2.45, 2.75) is 70.6 Å². The largest absolute Gasteiger partial charge is 0.323 e. The average Bonchev–Trinajstić information content (AvgIpc) is 2.90. The van der Waals surface area contributed by atoms with Crippen LogP contribution in [0, 0.1) is 0 Å². The molecule has 0 aromatic carbocycles. The van der Waals surface area contributed by atoms with Gasteiger partial charge < -0.3 is 4.90 Å². The monoisotopic (exact) mass is 210 g/mol. The zero-order chi connectivity index (χ0) is 11.1. The molecule has 3 heteroatoms. The SMILES string of the molecule is CCCCC(C)N1C(=O)C2(CC2)NC1C. The van der Waals surface area contributed by atoms with Crippen LogP contribution in [0.1, 0.15) is 52.9 Å². The Morgan fingerprint density at radius 3 is 2.73 bits per heavy atom. The first kappa shape index (κ1) is 10.9. The Morgan fingerprint density at radius 1 is 1.60 bits per heavy atom. The van der Waals surface area contributed by atoms with Crippen molar-refractivity contribution in [3.63, 3.8) is 0 Å².